The molecule has 1 heterocycles. The average molecular weight is 417 g/mol. The van der Waals surface area contributed by atoms with Gasteiger partial charge in [0.05, 0.1) is 16.5 Å². The quantitative estimate of drug-likeness (QED) is 0.710. The highest BCUT2D eigenvalue weighted by Gasteiger charge is 2.34. The summed E-state index contributed by atoms with van der Waals surface area (Å²) in [6, 6.07) is 3.94. The van der Waals surface area contributed by atoms with Crippen LogP contribution in [-0.2, 0) is 15.8 Å². The fraction of sp³-hybridized carbons (Fsp3) is 0.579. The van der Waals surface area contributed by atoms with Gasteiger partial charge in [-0.25, -0.2) is 0 Å². The van der Waals surface area contributed by atoms with Gasteiger partial charge < -0.3 is 10.6 Å². The normalized spacial score (nSPS) is 17.1. The molecule has 1 atom stereocenters. The maximum Gasteiger partial charge on any atom is 0.416 e. The lowest BCUT2D eigenvalue weighted by Crippen LogP contribution is -2.43. The van der Waals surface area contributed by atoms with Crippen molar-refractivity contribution < 1.29 is 22.8 Å². The zero-order valence-corrected chi connectivity index (χ0v) is 17.2. The van der Waals surface area contributed by atoms with Crippen LogP contribution in [0.5, 0.6) is 0 Å². The molecule has 1 aromatic carbocycles. The van der Waals surface area contributed by atoms with Crippen molar-refractivity contribution in [3.63, 3.8) is 0 Å². The van der Waals surface area contributed by atoms with Gasteiger partial charge in [-0.3, -0.25) is 14.5 Å². The number of nitrogens with one attached hydrogen (secondary N) is 2. The number of anilines is 1. The molecule has 0 saturated carbocycles. The van der Waals surface area contributed by atoms with Crippen molar-refractivity contribution in [3.05, 3.63) is 23.8 Å². The third kappa shape index (κ3) is 5.88. The maximum absolute atomic E-state index is 12.8. The summed E-state index contributed by atoms with van der Waals surface area (Å²) in [4.78, 5) is 27.2. The second kappa shape index (κ2) is 9.17. The molecule has 1 aromatic rings. The molecule has 9 heteroatoms. The Labute approximate surface area is 167 Å². The number of alkyl halides is 3. The van der Waals surface area contributed by atoms with Crippen molar-refractivity contribution in [1.29, 1.82) is 0 Å². The Hall–Kier alpha value is -1.74. The van der Waals surface area contributed by atoms with Gasteiger partial charge in [-0.1, -0.05) is 0 Å². The van der Waals surface area contributed by atoms with Gasteiger partial charge in [0, 0.05) is 36.5 Å². The lowest BCUT2D eigenvalue weighted by atomic mass is 10.1. The first-order valence-corrected chi connectivity index (χ1v) is 10.1. The highest BCUT2D eigenvalue weighted by Crippen LogP contribution is 2.40. The lowest BCUT2D eigenvalue weighted by molar-refractivity contribution is -0.137. The monoisotopic (exact) mass is 417 g/mol. The summed E-state index contributed by atoms with van der Waals surface area (Å²) >= 11 is 1.11. The molecule has 0 saturated heterocycles. The van der Waals surface area contributed by atoms with Gasteiger partial charge in [-0.05, 0) is 45.9 Å². The fourth-order valence-electron chi connectivity index (χ4n) is 3.14. The van der Waals surface area contributed by atoms with Gasteiger partial charge in [0.25, 0.3) is 0 Å². The average Bonchev–Trinajstić information content (AvgIpc) is 2.57. The standard InChI is InChI=1S/C19H26F3N3O2S/c1-11(2)25(12(3)4)8-7-23-17(26)10-16-18(27)24-14-9-13(19(20,21)22)5-6-15(14)28-16/h5-6,9,11-12,16H,7-8,10H2,1-4H3,(H,23,26)(H,24,27)/t16-/m1/s1. The topological polar surface area (TPSA) is 61.4 Å². The Morgan fingerprint density at radius 1 is 1.25 bits per heavy atom. The Morgan fingerprint density at radius 3 is 2.46 bits per heavy atom. The van der Waals surface area contributed by atoms with E-state index in [-0.39, 0.29) is 18.0 Å². The number of hydrogen-bond acceptors (Lipinski definition) is 4. The van der Waals surface area contributed by atoms with Gasteiger partial charge in [0.1, 0.15) is 0 Å². The lowest BCUT2D eigenvalue weighted by Gasteiger charge is -2.30. The van der Waals surface area contributed by atoms with Crippen LogP contribution in [0.2, 0.25) is 0 Å². The van der Waals surface area contributed by atoms with Crippen LogP contribution in [-0.4, -0.2) is 47.1 Å². The van der Waals surface area contributed by atoms with E-state index < -0.39 is 22.9 Å². The van der Waals surface area contributed by atoms with Crippen molar-refractivity contribution >= 4 is 29.3 Å². The Kier molecular flexibility index (Phi) is 7.39. The number of hydrogen-bond donors (Lipinski definition) is 2. The van der Waals surface area contributed by atoms with Gasteiger partial charge in [0.15, 0.2) is 0 Å². The van der Waals surface area contributed by atoms with Crippen LogP contribution in [0.15, 0.2) is 23.1 Å². The number of carbonyl (C=O) groups excluding carboxylic acids is 2. The first-order valence-electron chi connectivity index (χ1n) is 9.20. The minimum absolute atomic E-state index is 0.0275. The number of amides is 2. The number of rotatable bonds is 7. The second-order valence-corrected chi connectivity index (χ2v) is 8.53. The molecule has 2 amide bonds. The van der Waals surface area contributed by atoms with E-state index in [9.17, 15) is 22.8 Å². The van der Waals surface area contributed by atoms with E-state index in [2.05, 4.69) is 43.2 Å². The molecule has 0 unspecified atom stereocenters. The molecule has 156 valence electrons. The Balaban J connectivity index is 1.91. The van der Waals surface area contributed by atoms with E-state index in [1.165, 1.54) is 6.07 Å². The molecule has 2 rings (SSSR count). The highest BCUT2D eigenvalue weighted by molar-refractivity contribution is 8.01. The molecular weight excluding hydrogens is 391 g/mol. The van der Waals surface area contributed by atoms with E-state index in [0.29, 0.717) is 30.1 Å². The molecule has 0 bridgehead atoms. The first-order chi connectivity index (χ1) is 13.0. The highest BCUT2D eigenvalue weighted by atomic mass is 32.2. The van der Waals surface area contributed by atoms with Crippen molar-refractivity contribution in [2.24, 2.45) is 0 Å². The zero-order chi connectivity index (χ0) is 21.1. The van der Waals surface area contributed by atoms with E-state index in [1.54, 1.807) is 0 Å². The van der Waals surface area contributed by atoms with Crippen LogP contribution >= 0.6 is 11.8 Å². The van der Waals surface area contributed by atoms with E-state index in [0.717, 1.165) is 23.9 Å². The number of nitrogens with zero attached hydrogens (tertiary/aromatic N) is 1. The summed E-state index contributed by atoms with van der Waals surface area (Å²) in [6.45, 7) is 9.53. The summed E-state index contributed by atoms with van der Waals surface area (Å²) in [7, 11) is 0. The second-order valence-electron chi connectivity index (χ2n) is 7.28. The predicted molar refractivity (Wildman–Crippen MR) is 104 cm³/mol. The third-order valence-electron chi connectivity index (χ3n) is 4.52. The predicted octanol–water partition coefficient (Wildman–Crippen LogP) is 3.74. The molecule has 2 N–H and O–H groups in total. The van der Waals surface area contributed by atoms with E-state index >= 15 is 0 Å². The minimum atomic E-state index is -4.47. The molecule has 0 aliphatic carbocycles. The Bertz CT molecular complexity index is 715. The van der Waals surface area contributed by atoms with Gasteiger partial charge >= 0.3 is 6.18 Å². The van der Waals surface area contributed by atoms with Crippen LogP contribution in [0.4, 0.5) is 18.9 Å². The fourth-order valence-corrected chi connectivity index (χ4v) is 4.23. The van der Waals surface area contributed by atoms with Gasteiger partial charge in [-0.2, -0.15) is 13.2 Å². The van der Waals surface area contributed by atoms with E-state index in [4.69, 9.17) is 0 Å². The molecule has 5 nitrogen and oxygen atoms in total. The van der Waals surface area contributed by atoms with Gasteiger partial charge in [0.2, 0.25) is 11.8 Å². The maximum atomic E-state index is 12.8. The number of fused-ring (bicyclic) bond motifs is 1. The van der Waals surface area contributed by atoms with Crippen LogP contribution < -0.4 is 10.6 Å². The SMILES string of the molecule is CC(C)N(CCNC(=O)C[C@H]1Sc2ccc(C(F)(F)F)cc2NC1=O)C(C)C. The molecular formula is C19H26F3N3O2S. The summed E-state index contributed by atoms with van der Waals surface area (Å²) in [5.74, 6) is -0.714. The molecule has 1 aliphatic rings. The summed E-state index contributed by atoms with van der Waals surface area (Å²) in [5, 5.41) is 4.63. The van der Waals surface area contributed by atoms with Crippen molar-refractivity contribution in [2.75, 3.05) is 18.4 Å². The molecule has 0 aromatic heterocycles. The van der Waals surface area contributed by atoms with Crippen LogP contribution in [0.25, 0.3) is 0 Å². The summed E-state index contributed by atoms with van der Waals surface area (Å²) in [6.07, 6.45) is -4.50. The van der Waals surface area contributed by atoms with Crippen molar-refractivity contribution in [1.82, 2.24) is 10.2 Å². The molecule has 1 aliphatic heterocycles. The number of benzene rings is 1. The molecule has 0 radical (unpaired) electrons. The Morgan fingerprint density at radius 2 is 1.89 bits per heavy atom. The van der Waals surface area contributed by atoms with Crippen LogP contribution in [0, 0.1) is 0 Å². The van der Waals surface area contributed by atoms with Crippen molar-refractivity contribution in [3.8, 4) is 0 Å². The molecule has 0 spiro atoms. The number of halogens is 3. The van der Waals surface area contributed by atoms with E-state index in [1.807, 2.05) is 0 Å². The number of thioether (sulfide) groups is 1. The largest absolute Gasteiger partial charge is 0.416 e. The molecule has 28 heavy (non-hydrogen) atoms. The van der Waals surface area contributed by atoms with Crippen LogP contribution in [0.1, 0.15) is 39.7 Å². The van der Waals surface area contributed by atoms with Crippen molar-refractivity contribution in [2.45, 2.75) is 62.5 Å². The minimum Gasteiger partial charge on any atom is -0.355 e. The molecule has 0 fully saturated rings. The smallest absolute Gasteiger partial charge is 0.355 e. The first kappa shape index (κ1) is 22.5. The third-order valence-corrected chi connectivity index (χ3v) is 5.79. The number of carbonyl (C=O) groups is 2. The van der Waals surface area contributed by atoms with Gasteiger partial charge in [-0.15, -0.1) is 11.8 Å². The summed E-state index contributed by atoms with van der Waals surface area (Å²) < 4.78 is 38.4. The zero-order valence-electron chi connectivity index (χ0n) is 16.4. The van der Waals surface area contributed by atoms with Crippen LogP contribution in [0.3, 0.4) is 0 Å². The summed E-state index contributed by atoms with van der Waals surface area (Å²) in [5.41, 5.74) is -0.686.